The minimum atomic E-state index is -1.01. The zero-order valence-electron chi connectivity index (χ0n) is 8.85. The van der Waals surface area contributed by atoms with Gasteiger partial charge in [0.2, 0.25) is 0 Å². The third kappa shape index (κ3) is 2.73. The maximum absolute atomic E-state index is 13.4. The molecule has 1 unspecified atom stereocenters. The van der Waals surface area contributed by atoms with Crippen molar-refractivity contribution in [2.45, 2.75) is 20.0 Å². The SMILES string of the molecule is CCNCC(O)c1ccc(C)c(F)c1F. The highest BCUT2D eigenvalue weighted by Crippen LogP contribution is 2.21. The summed E-state index contributed by atoms with van der Waals surface area (Å²) in [6.45, 7) is 4.25. The van der Waals surface area contributed by atoms with Gasteiger partial charge in [0.05, 0.1) is 6.10 Å². The highest BCUT2D eigenvalue weighted by atomic mass is 19.2. The summed E-state index contributed by atoms with van der Waals surface area (Å²) in [5, 5.41) is 12.4. The average molecular weight is 215 g/mol. The molecule has 0 saturated carbocycles. The Morgan fingerprint density at radius 3 is 2.60 bits per heavy atom. The summed E-state index contributed by atoms with van der Waals surface area (Å²) in [7, 11) is 0. The van der Waals surface area contributed by atoms with Crippen LogP contribution in [0.5, 0.6) is 0 Å². The normalized spacial score (nSPS) is 12.9. The van der Waals surface area contributed by atoms with Gasteiger partial charge in [0.25, 0.3) is 0 Å². The lowest BCUT2D eigenvalue weighted by Gasteiger charge is -2.13. The first-order valence-corrected chi connectivity index (χ1v) is 4.91. The van der Waals surface area contributed by atoms with Crippen LogP contribution >= 0.6 is 0 Å². The highest BCUT2D eigenvalue weighted by Gasteiger charge is 2.16. The van der Waals surface area contributed by atoms with E-state index in [1.54, 1.807) is 0 Å². The van der Waals surface area contributed by atoms with Crippen LogP contribution in [0.3, 0.4) is 0 Å². The lowest BCUT2D eigenvalue weighted by atomic mass is 10.1. The zero-order valence-corrected chi connectivity index (χ0v) is 8.85. The lowest BCUT2D eigenvalue weighted by Crippen LogP contribution is -2.21. The molecule has 4 heteroatoms. The lowest BCUT2D eigenvalue weighted by molar-refractivity contribution is 0.169. The Labute approximate surface area is 87.9 Å². The second-order valence-corrected chi connectivity index (χ2v) is 3.42. The number of aliphatic hydroxyl groups excluding tert-OH is 1. The van der Waals surface area contributed by atoms with Crippen molar-refractivity contribution in [1.82, 2.24) is 5.32 Å². The summed E-state index contributed by atoms with van der Waals surface area (Å²) >= 11 is 0. The average Bonchev–Trinajstić information content (AvgIpc) is 2.23. The standard InChI is InChI=1S/C11H15F2NO/c1-3-14-6-9(15)8-5-4-7(2)10(12)11(8)13/h4-5,9,14-15H,3,6H2,1-2H3. The largest absolute Gasteiger partial charge is 0.387 e. The number of hydrogen-bond donors (Lipinski definition) is 2. The predicted molar refractivity (Wildman–Crippen MR) is 54.6 cm³/mol. The molecule has 1 aromatic rings. The first-order chi connectivity index (χ1) is 7.07. The Morgan fingerprint density at radius 1 is 1.33 bits per heavy atom. The number of aliphatic hydroxyl groups is 1. The van der Waals surface area contributed by atoms with E-state index in [2.05, 4.69) is 5.32 Å². The second-order valence-electron chi connectivity index (χ2n) is 3.42. The van der Waals surface area contributed by atoms with E-state index < -0.39 is 17.7 Å². The summed E-state index contributed by atoms with van der Waals surface area (Å²) in [6, 6.07) is 2.87. The Balaban J connectivity index is 2.90. The van der Waals surface area contributed by atoms with Gasteiger partial charge in [-0.25, -0.2) is 8.78 Å². The molecule has 1 rings (SSSR count). The van der Waals surface area contributed by atoms with Crippen LogP contribution in [0, 0.1) is 18.6 Å². The number of rotatable bonds is 4. The summed E-state index contributed by atoms with van der Waals surface area (Å²) < 4.78 is 26.5. The van der Waals surface area contributed by atoms with Crippen molar-refractivity contribution < 1.29 is 13.9 Å². The van der Waals surface area contributed by atoms with Gasteiger partial charge in [0.15, 0.2) is 11.6 Å². The van der Waals surface area contributed by atoms with Crippen LogP contribution < -0.4 is 5.32 Å². The molecule has 0 amide bonds. The second kappa shape index (κ2) is 5.19. The van der Waals surface area contributed by atoms with Crippen LogP contribution in [-0.2, 0) is 0 Å². The van der Waals surface area contributed by atoms with Crippen LogP contribution in [0.25, 0.3) is 0 Å². The van der Waals surface area contributed by atoms with E-state index in [-0.39, 0.29) is 17.7 Å². The molecule has 2 nitrogen and oxygen atoms in total. The van der Waals surface area contributed by atoms with Gasteiger partial charge in [0.1, 0.15) is 0 Å². The van der Waals surface area contributed by atoms with Gasteiger partial charge in [-0.15, -0.1) is 0 Å². The van der Waals surface area contributed by atoms with Gasteiger partial charge < -0.3 is 10.4 Å². The minimum absolute atomic E-state index is 0.000880. The van der Waals surface area contributed by atoms with Gasteiger partial charge in [0, 0.05) is 12.1 Å². The van der Waals surface area contributed by atoms with Crippen LogP contribution in [0.4, 0.5) is 8.78 Å². The van der Waals surface area contributed by atoms with E-state index in [0.29, 0.717) is 6.54 Å². The monoisotopic (exact) mass is 215 g/mol. The molecule has 0 spiro atoms. The molecule has 0 aliphatic heterocycles. The summed E-state index contributed by atoms with van der Waals surface area (Å²) in [6.07, 6.45) is -1.01. The van der Waals surface area contributed by atoms with Gasteiger partial charge in [-0.2, -0.15) is 0 Å². The van der Waals surface area contributed by atoms with Gasteiger partial charge in [-0.3, -0.25) is 0 Å². The van der Waals surface area contributed by atoms with Gasteiger partial charge >= 0.3 is 0 Å². The smallest absolute Gasteiger partial charge is 0.164 e. The van der Waals surface area contributed by atoms with Crippen molar-refractivity contribution >= 4 is 0 Å². The topological polar surface area (TPSA) is 32.3 Å². The summed E-state index contributed by atoms with van der Waals surface area (Å²) in [4.78, 5) is 0. The molecule has 1 atom stereocenters. The summed E-state index contributed by atoms with van der Waals surface area (Å²) in [5.74, 6) is -1.84. The number of benzene rings is 1. The third-order valence-electron chi connectivity index (χ3n) is 2.25. The molecule has 0 aliphatic rings. The Hall–Kier alpha value is -1.00. The van der Waals surface area contributed by atoms with Crippen LogP contribution in [-0.4, -0.2) is 18.2 Å². The predicted octanol–water partition coefficient (Wildman–Crippen LogP) is 1.92. The van der Waals surface area contributed by atoms with Crippen LogP contribution in [0.15, 0.2) is 12.1 Å². The maximum atomic E-state index is 13.4. The first kappa shape index (κ1) is 12.1. The molecule has 0 fully saturated rings. The first-order valence-electron chi connectivity index (χ1n) is 4.91. The molecular weight excluding hydrogens is 200 g/mol. The fraction of sp³-hybridized carbons (Fsp3) is 0.455. The van der Waals surface area contributed by atoms with Gasteiger partial charge in [-0.05, 0) is 19.0 Å². The van der Waals surface area contributed by atoms with E-state index in [4.69, 9.17) is 0 Å². The Bertz CT molecular complexity index is 342. The van der Waals surface area contributed by atoms with Gasteiger partial charge in [-0.1, -0.05) is 19.1 Å². The van der Waals surface area contributed by atoms with E-state index in [0.717, 1.165) is 0 Å². The Kier molecular flexibility index (Phi) is 4.17. The fourth-order valence-electron chi connectivity index (χ4n) is 1.31. The van der Waals surface area contributed by atoms with Crippen molar-refractivity contribution in [2.75, 3.05) is 13.1 Å². The zero-order chi connectivity index (χ0) is 11.4. The molecule has 1 aromatic carbocycles. The van der Waals surface area contributed by atoms with Crippen molar-refractivity contribution in [3.8, 4) is 0 Å². The fourth-order valence-corrected chi connectivity index (χ4v) is 1.31. The van der Waals surface area contributed by atoms with E-state index in [1.807, 2.05) is 6.92 Å². The molecule has 0 saturated heterocycles. The van der Waals surface area contributed by atoms with Crippen molar-refractivity contribution in [1.29, 1.82) is 0 Å². The van der Waals surface area contributed by atoms with Crippen molar-refractivity contribution in [2.24, 2.45) is 0 Å². The van der Waals surface area contributed by atoms with Crippen LogP contribution in [0.2, 0.25) is 0 Å². The summed E-state index contributed by atoms with van der Waals surface area (Å²) in [5.41, 5.74) is 0.242. The molecule has 0 radical (unpaired) electrons. The minimum Gasteiger partial charge on any atom is -0.387 e. The van der Waals surface area contributed by atoms with Crippen molar-refractivity contribution in [3.05, 3.63) is 34.9 Å². The third-order valence-corrected chi connectivity index (χ3v) is 2.25. The molecule has 0 aromatic heterocycles. The number of hydrogen-bond acceptors (Lipinski definition) is 2. The molecule has 2 N–H and O–H groups in total. The van der Waals surface area contributed by atoms with E-state index in [9.17, 15) is 13.9 Å². The van der Waals surface area contributed by atoms with Crippen LogP contribution in [0.1, 0.15) is 24.2 Å². The molecule has 84 valence electrons. The molecule has 0 bridgehead atoms. The van der Waals surface area contributed by atoms with E-state index >= 15 is 0 Å². The van der Waals surface area contributed by atoms with Crippen molar-refractivity contribution in [3.63, 3.8) is 0 Å². The quantitative estimate of drug-likeness (QED) is 0.804. The number of halogens is 2. The molecule has 0 heterocycles. The molecule has 15 heavy (non-hydrogen) atoms. The highest BCUT2D eigenvalue weighted by molar-refractivity contribution is 5.27. The number of likely N-dealkylation sites (N-methyl/N-ethyl adjacent to an activating group) is 1. The molecule has 0 aliphatic carbocycles. The number of aryl methyl sites for hydroxylation is 1. The van der Waals surface area contributed by atoms with E-state index in [1.165, 1.54) is 19.1 Å². The molecular formula is C11H15F2NO. The Morgan fingerprint density at radius 2 is 2.00 bits per heavy atom. The maximum Gasteiger partial charge on any atom is 0.164 e. The number of nitrogens with one attached hydrogen (secondary N) is 1.